The number of hydrogen-bond acceptors (Lipinski definition) is 5. The Kier molecular flexibility index (Phi) is 7.53. The second kappa shape index (κ2) is 9.40. The summed E-state index contributed by atoms with van der Waals surface area (Å²) in [5, 5.41) is 3.31. The van der Waals surface area contributed by atoms with Crippen LogP contribution >= 0.6 is 0 Å². The molecule has 142 valence electrons. The van der Waals surface area contributed by atoms with E-state index in [4.69, 9.17) is 5.73 Å². The van der Waals surface area contributed by atoms with E-state index in [0.717, 1.165) is 57.5 Å². The highest BCUT2D eigenvalue weighted by Gasteiger charge is 2.26. The van der Waals surface area contributed by atoms with Crippen molar-refractivity contribution >= 4 is 21.4 Å². The molecule has 1 aromatic rings. The Balaban J connectivity index is 1.95. The Morgan fingerprint density at radius 1 is 1.16 bits per heavy atom. The van der Waals surface area contributed by atoms with Crippen LogP contribution in [-0.4, -0.2) is 56.9 Å². The van der Waals surface area contributed by atoms with Gasteiger partial charge >= 0.3 is 0 Å². The van der Waals surface area contributed by atoms with E-state index in [1.807, 2.05) is 0 Å². The summed E-state index contributed by atoms with van der Waals surface area (Å²) in [6.07, 6.45) is 3.99. The lowest BCUT2D eigenvalue weighted by Crippen LogP contribution is -2.35. The highest BCUT2D eigenvalue weighted by atomic mass is 32.2. The SMILES string of the molecule is CCN(CC)CCCNc1ccc(S(=O)(=O)N2CCCCC2)cc1N. The number of nitrogens with one attached hydrogen (secondary N) is 1. The largest absolute Gasteiger partial charge is 0.397 e. The highest BCUT2D eigenvalue weighted by molar-refractivity contribution is 7.89. The number of hydrogen-bond donors (Lipinski definition) is 2. The standard InChI is InChI=1S/C18H32N4O2S/c1-3-21(4-2)12-8-11-20-18-10-9-16(15-17(18)19)25(23,24)22-13-6-5-7-14-22/h9-10,15,20H,3-8,11-14,19H2,1-2H3. The van der Waals surface area contributed by atoms with E-state index in [-0.39, 0.29) is 0 Å². The summed E-state index contributed by atoms with van der Waals surface area (Å²) in [6, 6.07) is 5.02. The van der Waals surface area contributed by atoms with Gasteiger partial charge in [-0.1, -0.05) is 20.3 Å². The summed E-state index contributed by atoms with van der Waals surface area (Å²) in [4.78, 5) is 2.67. The first-order chi connectivity index (χ1) is 12.0. The zero-order valence-corrected chi connectivity index (χ0v) is 16.3. The van der Waals surface area contributed by atoms with Crippen molar-refractivity contribution in [2.45, 2.75) is 44.4 Å². The van der Waals surface area contributed by atoms with Crippen LogP contribution in [0.15, 0.2) is 23.1 Å². The van der Waals surface area contributed by atoms with Crippen LogP contribution in [0.3, 0.4) is 0 Å². The molecule has 1 saturated heterocycles. The lowest BCUT2D eigenvalue weighted by atomic mass is 10.2. The van der Waals surface area contributed by atoms with Crippen LogP contribution < -0.4 is 11.1 Å². The van der Waals surface area contributed by atoms with Crippen LogP contribution in [0.4, 0.5) is 11.4 Å². The third-order valence-electron chi connectivity index (χ3n) is 4.84. The molecule has 0 saturated carbocycles. The minimum absolute atomic E-state index is 0.292. The Morgan fingerprint density at radius 3 is 2.44 bits per heavy atom. The second-order valence-corrected chi connectivity index (χ2v) is 8.46. The smallest absolute Gasteiger partial charge is 0.243 e. The van der Waals surface area contributed by atoms with Crippen molar-refractivity contribution in [1.29, 1.82) is 0 Å². The van der Waals surface area contributed by atoms with Crippen molar-refractivity contribution < 1.29 is 8.42 Å². The summed E-state index contributed by atoms with van der Waals surface area (Å²) < 4.78 is 27.0. The van der Waals surface area contributed by atoms with Crippen molar-refractivity contribution in [3.05, 3.63) is 18.2 Å². The van der Waals surface area contributed by atoms with Crippen LogP contribution in [0.25, 0.3) is 0 Å². The normalized spacial score (nSPS) is 16.3. The zero-order chi connectivity index (χ0) is 18.3. The molecule has 1 aromatic carbocycles. The van der Waals surface area contributed by atoms with E-state index < -0.39 is 10.0 Å². The van der Waals surface area contributed by atoms with Gasteiger partial charge in [0.05, 0.1) is 16.3 Å². The molecule has 1 aliphatic rings. The van der Waals surface area contributed by atoms with Crippen LogP contribution in [0, 0.1) is 0 Å². The number of rotatable bonds is 9. The molecule has 6 nitrogen and oxygen atoms in total. The van der Waals surface area contributed by atoms with Crippen molar-refractivity contribution in [3.8, 4) is 0 Å². The van der Waals surface area contributed by atoms with Gasteiger partial charge in [-0.2, -0.15) is 4.31 Å². The van der Waals surface area contributed by atoms with Gasteiger partial charge in [0.1, 0.15) is 0 Å². The molecule has 0 spiro atoms. The average molecular weight is 369 g/mol. The molecular weight excluding hydrogens is 336 g/mol. The van der Waals surface area contributed by atoms with Gasteiger partial charge in [0, 0.05) is 19.6 Å². The van der Waals surface area contributed by atoms with Crippen molar-refractivity contribution in [1.82, 2.24) is 9.21 Å². The number of benzene rings is 1. The van der Waals surface area contributed by atoms with Gasteiger partial charge in [-0.15, -0.1) is 0 Å². The monoisotopic (exact) mass is 368 g/mol. The molecule has 2 rings (SSSR count). The van der Waals surface area contributed by atoms with Crippen LogP contribution in [0.1, 0.15) is 39.5 Å². The topological polar surface area (TPSA) is 78.7 Å². The molecule has 25 heavy (non-hydrogen) atoms. The molecule has 0 radical (unpaired) electrons. The minimum Gasteiger partial charge on any atom is -0.397 e. The van der Waals surface area contributed by atoms with E-state index in [1.165, 1.54) is 0 Å². The summed E-state index contributed by atoms with van der Waals surface area (Å²) in [5.41, 5.74) is 7.38. The predicted octanol–water partition coefficient (Wildman–Crippen LogP) is 2.59. The Labute approximate surface area is 152 Å². The fourth-order valence-electron chi connectivity index (χ4n) is 3.18. The van der Waals surface area contributed by atoms with Gasteiger partial charge in [-0.05, 0) is 57.1 Å². The molecule has 0 unspecified atom stereocenters. The number of nitrogen functional groups attached to an aromatic ring is 1. The second-order valence-electron chi connectivity index (χ2n) is 6.52. The molecule has 1 aliphatic heterocycles. The van der Waals surface area contributed by atoms with Gasteiger partial charge in [0.15, 0.2) is 0 Å². The number of piperidine rings is 1. The summed E-state index contributed by atoms with van der Waals surface area (Å²) in [7, 11) is -3.43. The first-order valence-electron chi connectivity index (χ1n) is 9.35. The van der Waals surface area contributed by atoms with Gasteiger partial charge in [-0.3, -0.25) is 0 Å². The average Bonchev–Trinajstić information content (AvgIpc) is 2.63. The lowest BCUT2D eigenvalue weighted by Gasteiger charge is -2.26. The number of anilines is 2. The molecule has 3 N–H and O–H groups in total. The number of nitrogens with zero attached hydrogens (tertiary/aromatic N) is 2. The molecular formula is C18H32N4O2S. The van der Waals surface area contributed by atoms with Gasteiger partial charge in [-0.25, -0.2) is 8.42 Å². The van der Waals surface area contributed by atoms with Gasteiger partial charge < -0.3 is 16.0 Å². The summed E-state index contributed by atoms with van der Waals surface area (Å²) in [5.74, 6) is 0. The first kappa shape index (κ1) is 20.0. The van der Waals surface area contributed by atoms with Crippen LogP contribution in [-0.2, 0) is 10.0 Å². The lowest BCUT2D eigenvalue weighted by molar-refractivity contribution is 0.303. The Bertz CT molecular complexity index is 638. The number of sulfonamides is 1. The van der Waals surface area contributed by atoms with Crippen LogP contribution in [0.2, 0.25) is 0 Å². The Morgan fingerprint density at radius 2 is 1.84 bits per heavy atom. The zero-order valence-electron chi connectivity index (χ0n) is 15.5. The fraction of sp³-hybridized carbons (Fsp3) is 0.667. The molecule has 0 bridgehead atoms. The highest BCUT2D eigenvalue weighted by Crippen LogP contribution is 2.26. The van der Waals surface area contributed by atoms with E-state index in [9.17, 15) is 8.42 Å². The third kappa shape index (κ3) is 5.33. The first-order valence-corrected chi connectivity index (χ1v) is 10.8. The van der Waals surface area contributed by atoms with Gasteiger partial charge in [0.25, 0.3) is 0 Å². The molecule has 0 aliphatic carbocycles. The van der Waals surface area contributed by atoms with Crippen LogP contribution in [0.5, 0.6) is 0 Å². The third-order valence-corrected chi connectivity index (χ3v) is 6.73. The van der Waals surface area contributed by atoms with E-state index in [1.54, 1.807) is 22.5 Å². The van der Waals surface area contributed by atoms with Crippen molar-refractivity contribution in [2.24, 2.45) is 0 Å². The van der Waals surface area contributed by atoms with E-state index in [0.29, 0.717) is 23.7 Å². The maximum atomic E-state index is 12.7. The van der Waals surface area contributed by atoms with Gasteiger partial charge in [0.2, 0.25) is 10.0 Å². The quantitative estimate of drug-likeness (QED) is 0.517. The summed E-state index contributed by atoms with van der Waals surface area (Å²) in [6.45, 7) is 9.51. The van der Waals surface area contributed by atoms with E-state index in [2.05, 4.69) is 24.1 Å². The fourth-order valence-corrected chi connectivity index (χ4v) is 4.74. The Hall–Kier alpha value is -1.31. The molecule has 1 fully saturated rings. The predicted molar refractivity (Wildman–Crippen MR) is 104 cm³/mol. The molecule has 0 atom stereocenters. The van der Waals surface area contributed by atoms with Crippen molar-refractivity contribution in [2.75, 3.05) is 50.3 Å². The molecule has 0 amide bonds. The maximum absolute atomic E-state index is 12.7. The molecule has 0 aromatic heterocycles. The molecule has 1 heterocycles. The summed E-state index contributed by atoms with van der Waals surface area (Å²) >= 11 is 0. The maximum Gasteiger partial charge on any atom is 0.243 e. The minimum atomic E-state index is -3.43. The van der Waals surface area contributed by atoms with E-state index >= 15 is 0 Å². The van der Waals surface area contributed by atoms with Crippen molar-refractivity contribution in [3.63, 3.8) is 0 Å². The number of nitrogens with two attached hydrogens (primary N) is 1. The molecule has 7 heteroatoms.